The molecule has 2 unspecified atom stereocenters. The van der Waals surface area contributed by atoms with Crippen molar-refractivity contribution in [3.05, 3.63) is 35.9 Å². The summed E-state index contributed by atoms with van der Waals surface area (Å²) in [5.41, 5.74) is 2.21. The first-order valence-electron chi connectivity index (χ1n) is 6.47. The highest BCUT2D eigenvalue weighted by molar-refractivity contribution is 9.09. The number of benzene rings is 1. The van der Waals surface area contributed by atoms with Gasteiger partial charge in [0, 0.05) is 5.33 Å². The SMILES string of the molecule is BrCC1(C2CC2c2ccccc2)CCCC1. The first kappa shape index (κ1) is 10.8. The zero-order valence-corrected chi connectivity index (χ0v) is 11.2. The van der Waals surface area contributed by atoms with Crippen LogP contribution in [0.25, 0.3) is 0 Å². The van der Waals surface area contributed by atoms with E-state index in [1.54, 1.807) is 5.56 Å². The van der Waals surface area contributed by atoms with Gasteiger partial charge in [-0.25, -0.2) is 0 Å². The highest BCUT2D eigenvalue weighted by Crippen LogP contribution is 2.62. The Morgan fingerprint density at radius 2 is 1.81 bits per heavy atom. The van der Waals surface area contributed by atoms with Crippen LogP contribution in [0.1, 0.15) is 43.6 Å². The van der Waals surface area contributed by atoms with Crippen LogP contribution in [0.3, 0.4) is 0 Å². The van der Waals surface area contributed by atoms with Gasteiger partial charge in [-0.05, 0) is 42.1 Å². The lowest BCUT2D eigenvalue weighted by Gasteiger charge is -2.27. The minimum Gasteiger partial charge on any atom is -0.0922 e. The molecular weight excluding hydrogens is 260 g/mol. The number of hydrogen-bond acceptors (Lipinski definition) is 0. The van der Waals surface area contributed by atoms with E-state index in [0.717, 1.165) is 11.8 Å². The fourth-order valence-electron chi connectivity index (χ4n) is 3.62. The van der Waals surface area contributed by atoms with Crippen molar-refractivity contribution in [2.24, 2.45) is 11.3 Å². The van der Waals surface area contributed by atoms with E-state index in [0.29, 0.717) is 5.41 Å². The van der Waals surface area contributed by atoms with E-state index in [9.17, 15) is 0 Å². The Morgan fingerprint density at radius 3 is 2.44 bits per heavy atom. The first-order chi connectivity index (χ1) is 7.86. The van der Waals surface area contributed by atoms with Gasteiger partial charge in [-0.15, -0.1) is 0 Å². The summed E-state index contributed by atoms with van der Waals surface area (Å²) in [6.07, 6.45) is 7.22. The lowest BCUT2D eigenvalue weighted by molar-refractivity contribution is 0.288. The fraction of sp³-hybridized carbons (Fsp3) is 0.600. The van der Waals surface area contributed by atoms with E-state index >= 15 is 0 Å². The summed E-state index contributed by atoms with van der Waals surface area (Å²) in [6, 6.07) is 11.1. The Balaban J connectivity index is 1.76. The molecule has 1 aromatic rings. The molecule has 0 bridgehead atoms. The van der Waals surface area contributed by atoms with Crippen LogP contribution in [0.2, 0.25) is 0 Å². The van der Waals surface area contributed by atoms with Crippen molar-refractivity contribution in [3.63, 3.8) is 0 Å². The number of rotatable bonds is 3. The third kappa shape index (κ3) is 1.73. The lowest BCUT2D eigenvalue weighted by atomic mass is 9.81. The van der Waals surface area contributed by atoms with E-state index in [1.807, 2.05) is 0 Å². The van der Waals surface area contributed by atoms with Crippen LogP contribution in [0, 0.1) is 11.3 Å². The molecule has 2 fully saturated rings. The molecule has 0 radical (unpaired) electrons. The molecule has 0 N–H and O–H groups in total. The van der Waals surface area contributed by atoms with Gasteiger partial charge in [0.05, 0.1) is 0 Å². The molecule has 16 heavy (non-hydrogen) atoms. The highest BCUT2D eigenvalue weighted by atomic mass is 79.9. The second-order valence-electron chi connectivity index (χ2n) is 5.56. The number of halogens is 1. The normalized spacial score (nSPS) is 31.6. The molecule has 0 nitrogen and oxygen atoms in total. The maximum absolute atomic E-state index is 3.77. The quantitative estimate of drug-likeness (QED) is 0.701. The Hall–Kier alpha value is -0.300. The molecule has 0 aromatic heterocycles. The molecule has 0 spiro atoms. The molecule has 0 saturated heterocycles. The van der Waals surface area contributed by atoms with Gasteiger partial charge in [-0.1, -0.05) is 59.1 Å². The van der Waals surface area contributed by atoms with Gasteiger partial charge >= 0.3 is 0 Å². The molecule has 1 heteroatoms. The molecule has 2 aliphatic rings. The van der Waals surface area contributed by atoms with Gasteiger partial charge < -0.3 is 0 Å². The largest absolute Gasteiger partial charge is 0.0922 e. The van der Waals surface area contributed by atoms with E-state index in [4.69, 9.17) is 0 Å². The fourth-order valence-corrected chi connectivity index (χ4v) is 4.60. The summed E-state index contributed by atoms with van der Waals surface area (Å²) in [4.78, 5) is 0. The molecule has 2 saturated carbocycles. The third-order valence-electron chi connectivity index (χ3n) is 4.67. The Morgan fingerprint density at radius 1 is 1.12 bits per heavy atom. The summed E-state index contributed by atoms with van der Waals surface area (Å²) in [5, 5.41) is 1.22. The summed E-state index contributed by atoms with van der Waals surface area (Å²) in [6.45, 7) is 0. The van der Waals surface area contributed by atoms with Crippen LogP contribution in [0.5, 0.6) is 0 Å². The molecule has 3 rings (SSSR count). The van der Waals surface area contributed by atoms with Crippen molar-refractivity contribution in [1.82, 2.24) is 0 Å². The Kier molecular flexibility index (Phi) is 2.83. The van der Waals surface area contributed by atoms with E-state index in [2.05, 4.69) is 46.3 Å². The topological polar surface area (TPSA) is 0 Å². The summed E-state index contributed by atoms with van der Waals surface area (Å²) < 4.78 is 0. The summed E-state index contributed by atoms with van der Waals surface area (Å²) in [7, 11) is 0. The highest BCUT2D eigenvalue weighted by Gasteiger charge is 2.53. The molecule has 1 aromatic carbocycles. The van der Waals surface area contributed by atoms with Crippen LogP contribution < -0.4 is 0 Å². The van der Waals surface area contributed by atoms with E-state index < -0.39 is 0 Å². The van der Waals surface area contributed by atoms with Crippen molar-refractivity contribution in [3.8, 4) is 0 Å². The van der Waals surface area contributed by atoms with E-state index in [1.165, 1.54) is 37.4 Å². The molecule has 0 amide bonds. The first-order valence-corrected chi connectivity index (χ1v) is 7.59. The van der Waals surface area contributed by atoms with Crippen LogP contribution in [-0.2, 0) is 0 Å². The van der Waals surface area contributed by atoms with Crippen molar-refractivity contribution in [1.29, 1.82) is 0 Å². The Labute approximate surface area is 107 Å². The molecular formula is C15H19Br. The van der Waals surface area contributed by atoms with Gasteiger partial charge in [0.1, 0.15) is 0 Å². The predicted molar refractivity (Wildman–Crippen MR) is 72.0 cm³/mol. The van der Waals surface area contributed by atoms with Crippen LogP contribution in [0.4, 0.5) is 0 Å². The van der Waals surface area contributed by atoms with Gasteiger partial charge in [-0.2, -0.15) is 0 Å². The number of hydrogen-bond donors (Lipinski definition) is 0. The monoisotopic (exact) mass is 278 g/mol. The van der Waals surface area contributed by atoms with Gasteiger partial charge in [0.2, 0.25) is 0 Å². The van der Waals surface area contributed by atoms with Crippen LogP contribution >= 0.6 is 15.9 Å². The smallest absolute Gasteiger partial charge is 0.00908 e. The maximum Gasteiger partial charge on any atom is 0.00908 e. The van der Waals surface area contributed by atoms with Crippen molar-refractivity contribution in [2.45, 2.75) is 38.0 Å². The Bertz CT molecular complexity index is 351. The predicted octanol–water partition coefficient (Wildman–Crippen LogP) is 4.75. The third-order valence-corrected chi connectivity index (χ3v) is 5.79. The van der Waals surface area contributed by atoms with Crippen LogP contribution in [-0.4, -0.2) is 5.33 Å². The standard InChI is InChI=1S/C15H19Br/c16-11-15(8-4-5-9-15)14-10-13(14)12-6-2-1-3-7-12/h1-3,6-7,13-14H,4-5,8-11H2. The summed E-state index contributed by atoms with van der Waals surface area (Å²) >= 11 is 3.77. The van der Waals surface area contributed by atoms with Crippen molar-refractivity contribution < 1.29 is 0 Å². The molecule has 2 aliphatic carbocycles. The molecule has 2 atom stereocenters. The van der Waals surface area contributed by atoms with Gasteiger partial charge in [-0.3, -0.25) is 0 Å². The minimum atomic E-state index is 0.639. The van der Waals surface area contributed by atoms with Crippen molar-refractivity contribution >= 4 is 15.9 Å². The zero-order chi connectivity index (χ0) is 11.0. The maximum atomic E-state index is 3.77. The summed E-state index contributed by atoms with van der Waals surface area (Å²) in [5.74, 6) is 1.81. The van der Waals surface area contributed by atoms with Crippen molar-refractivity contribution in [2.75, 3.05) is 5.33 Å². The van der Waals surface area contributed by atoms with Crippen LogP contribution in [0.15, 0.2) is 30.3 Å². The van der Waals surface area contributed by atoms with Gasteiger partial charge in [0.25, 0.3) is 0 Å². The molecule has 86 valence electrons. The second-order valence-corrected chi connectivity index (χ2v) is 6.12. The zero-order valence-electron chi connectivity index (χ0n) is 9.66. The number of alkyl halides is 1. The average Bonchev–Trinajstić information content (AvgIpc) is 3.02. The minimum absolute atomic E-state index is 0.639. The molecule has 0 aliphatic heterocycles. The second kappa shape index (κ2) is 4.18. The van der Waals surface area contributed by atoms with E-state index in [-0.39, 0.29) is 0 Å². The molecule has 0 heterocycles. The average molecular weight is 279 g/mol. The lowest BCUT2D eigenvalue weighted by Crippen LogP contribution is -2.21. The van der Waals surface area contributed by atoms with Gasteiger partial charge in [0.15, 0.2) is 0 Å².